The van der Waals surface area contributed by atoms with Crippen LogP contribution >= 0.6 is 0 Å². The maximum absolute atomic E-state index is 11.7. The molecule has 1 aromatic carbocycles. The van der Waals surface area contributed by atoms with Crippen molar-refractivity contribution in [1.82, 2.24) is 0 Å². The molecular weight excluding hydrogens is 230 g/mol. The van der Waals surface area contributed by atoms with E-state index in [-0.39, 0.29) is 5.97 Å². The zero-order valence-electron chi connectivity index (χ0n) is 10.6. The summed E-state index contributed by atoms with van der Waals surface area (Å²) >= 11 is 0. The molecule has 0 aromatic heterocycles. The Hall–Kier alpha value is -1.55. The topological polar surface area (TPSA) is 47.6 Å². The zero-order chi connectivity index (χ0) is 12.8. The molecule has 1 atom stereocenters. The summed E-state index contributed by atoms with van der Waals surface area (Å²) < 4.78 is 10.2. The molecule has 98 valence electrons. The molecule has 2 rings (SSSR count). The van der Waals surface area contributed by atoms with Gasteiger partial charge in [0.1, 0.15) is 0 Å². The third-order valence-electron chi connectivity index (χ3n) is 3.14. The molecule has 0 amide bonds. The Morgan fingerprint density at radius 2 is 2.17 bits per heavy atom. The molecule has 1 fully saturated rings. The van der Waals surface area contributed by atoms with Gasteiger partial charge in [0.15, 0.2) is 0 Å². The lowest BCUT2D eigenvalue weighted by atomic mass is 10.1. The number of hydrogen-bond acceptors (Lipinski definition) is 4. The molecule has 1 aromatic rings. The van der Waals surface area contributed by atoms with Gasteiger partial charge in [0.2, 0.25) is 0 Å². The van der Waals surface area contributed by atoms with Crippen molar-refractivity contribution in [3.63, 3.8) is 0 Å². The maximum atomic E-state index is 11.7. The second-order valence-corrected chi connectivity index (χ2v) is 4.42. The van der Waals surface area contributed by atoms with Crippen molar-refractivity contribution in [2.75, 3.05) is 25.6 Å². The standard InChI is InChI=1S/C14H19NO3/c1-17-14(16)12-6-2-3-7-13(12)15-11-5-4-9-18-10-8-11/h2-3,6-7,11,15H,4-5,8-10H2,1H3. The Morgan fingerprint density at radius 1 is 1.33 bits per heavy atom. The van der Waals surface area contributed by atoms with Crippen LogP contribution in [0.2, 0.25) is 0 Å². The first-order valence-corrected chi connectivity index (χ1v) is 6.33. The van der Waals surface area contributed by atoms with E-state index in [1.807, 2.05) is 18.2 Å². The van der Waals surface area contributed by atoms with Gasteiger partial charge >= 0.3 is 5.97 Å². The van der Waals surface area contributed by atoms with Crippen LogP contribution in [0.3, 0.4) is 0 Å². The molecule has 18 heavy (non-hydrogen) atoms. The monoisotopic (exact) mass is 249 g/mol. The van der Waals surface area contributed by atoms with E-state index in [4.69, 9.17) is 9.47 Å². The fourth-order valence-corrected chi connectivity index (χ4v) is 2.16. The zero-order valence-corrected chi connectivity index (χ0v) is 10.6. The lowest BCUT2D eigenvalue weighted by molar-refractivity contribution is 0.0602. The number of anilines is 1. The van der Waals surface area contributed by atoms with E-state index in [1.165, 1.54) is 7.11 Å². The van der Waals surface area contributed by atoms with Crippen molar-refractivity contribution >= 4 is 11.7 Å². The average Bonchev–Trinajstić information content (AvgIpc) is 2.67. The summed E-state index contributed by atoms with van der Waals surface area (Å²) in [5, 5.41) is 3.42. The van der Waals surface area contributed by atoms with Crippen LogP contribution in [0.4, 0.5) is 5.69 Å². The molecule has 4 heteroatoms. The fraction of sp³-hybridized carbons (Fsp3) is 0.500. The molecule has 1 saturated heterocycles. The number of esters is 1. The highest BCUT2D eigenvalue weighted by atomic mass is 16.5. The van der Waals surface area contributed by atoms with Gasteiger partial charge in [-0.15, -0.1) is 0 Å². The summed E-state index contributed by atoms with van der Waals surface area (Å²) in [5.41, 5.74) is 1.43. The molecule has 1 N–H and O–H groups in total. The van der Waals surface area contributed by atoms with Gasteiger partial charge in [0.05, 0.1) is 12.7 Å². The first-order chi connectivity index (χ1) is 8.81. The van der Waals surface area contributed by atoms with Crippen LogP contribution in [0.25, 0.3) is 0 Å². The number of methoxy groups -OCH3 is 1. The van der Waals surface area contributed by atoms with Crippen LogP contribution in [0, 0.1) is 0 Å². The minimum Gasteiger partial charge on any atom is -0.465 e. The molecule has 0 radical (unpaired) electrons. The lowest BCUT2D eigenvalue weighted by Crippen LogP contribution is -2.21. The van der Waals surface area contributed by atoms with Crippen molar-refractivity contribution in [3.05, 3.63) is 29.8 Å². The van der Waals surface area contributed by atoms with Gasteiger partial charge in [-0.1, -0.05) is 12.1 Å². The Morgan fingerprint density at radius 3 is 3.00 bits per heavy atom. The van der Waals surface area contributed by atoms with Crippen molar-refractivity contribution in [1.29, 1.82) is 0 Å². The highest BCUT2D eigenvalue weighted by molar-refractivity contribution is 5.95. The normalized spacial score (nSPS) is 19.9. The van der Waals surface area contributed by atoms with Gasteiger partial charge in [-0.25, -0.2) is 4.79 Å². The van der Waals surface area contributed by atoms with Crippen molar-refractivity contribution in [2.24, 2.45) is 0 Å². The van der Waals surface area contributed by atoms with Crippen LogP contribution < -0.4 is 5.32 Å². The molecule has 0 aliphatic carbocycles. The summed E-state index contributed by atoms with van der Waals surface area (Å²) in [7, 11) is 1.40. The summed E-state index contributed by atoms with van der Waals surface area (Å²) in [6.45, 7) is 1.61. The molecule has 1 aliphatic rings. The summed E-state index contributed by atoms with van der Waals surface area (Å²) in [6.07, 6.45) is 3.09. The number of para-hydroxylation sites is 1. The smallest absolute Gasteiger partial charge is 0.339 e. The number of carbonyl (C=O) groups excluding carboxylic acids is 1. The first kappa shape index (κ1) is 12.9. The first-order valence-electron chi connectivity index (χ1n) is 6.33. The average molecular weight is 249 g/mol. The highest BCUT2D eigenvalue weighted by Crippen LogP contribution is 2.20. The molecule has 1 heterocycles. The maximum Gasteiger partial charge on any atom is 0.339 e. The van der Waals surface area contributed by atoms with Crippen molar-refractivity contribution < 1.29 is 14.3 Å². The van der Waals surface area contributed by atoms with Crippen LogP contribution in [-0.2, 0) is 9.47 Å². The number of nitrogens with one attached hydrogen (secondary N) is 1. The van der Waals surface area contributed by atoms with Gasteiger partial charge in [0, 0.05) is 24.9 Å². The molecular formula is C14H19NO3. The van der Waals surface area contributed by atoms with E-state index in [0.717, 1.165) is 38.2 Å². The quantitative estimate of drug-likeness (QED) is 0.836. The molecule has 1 aliphatic heterocycles. The Labute approximate surface area is 107 Å². The minimum atomic E-state index is -0.303. The van der Waals surface area contributed by atoms with Crippen LogP contribution in [-0.4, -0.2) is 32.3 Å². The minimum absolute atomic E-state index is 0.303. The molecule has 0 saturated carbocycles. The number of hydrogen-bond donors (Lipinski definition) is 1. The van der Waals surface area contributed by atoms with Crippen molar-refractivity contribution in [2.45, 2.75) is 25.3 Å². The van der Waals surface area contributed by atoms with Gasteiger partial charge < -0.3 is 14.8 Å². The van der Waals surface area contributed by atoms with E-state index >= 15 is 0 Å². The number of ether oxygens (including phenoxy) is 2. The van der Waals surface area contributed by atoms with E-state index in [9.17, 15) is 4.79 Å². The number of benzene rings is 1. The SMILES string of the molecule is COC(=O)c1ccccc1NC1CCCOCC1. The number of carbonyl (C=O) groups is 1. The van der Waals surface area contributed by atoms with Gasteiger partial charge in [-0.05, 0) is 31.4 Å². The largest absolute Gasteiger partial charge is 0.465 e. The van der Waals surface area contributed by atoms with Crippen LogP contribution in [0.5, 0.6) is 0 Å². The van der Waals surface area contributed by atoms with Crippen molar-refractivity contribution in [3.8, 4) is 0 Å². The summed E-state index contributed by atoms with van der Waals surface area (Å²) in [4.78, 5) is 11.7. The van der Waals surface area contributed by atoms with Gasteiger partial charge in [0.25, 0.3) is 0 Å². The number of rotatable bonds is 3. The third kappa shape index (κ3) is 3.23. The Balaban J connectivity index is 2.10. The third-order valence-corrected chi connectivity index (χ3v) is 3.14. The molecule has 4 nitrogen and oxygen atoms in total. The van der Waals surface area contributed by atoms with Gasteiger partial charge in [-0.2, -0.15) is 0 Å². The molecule has 0 bridgehead atoms. The predicted molar refractivity (Wildman–Crippen MR) is 69.9 cm³/mol. The van der Waals surface area contributed by atoms with Crippen LogP contribution in [0.1, 0.15) is 29.6 Å². The fourth-order valence-electron chi connectivity index (χ4n) is 2.16. The van der Waals surface area contributed by atoms with E-state index in [2.05, 4.69) is 5.32 Å². The molecule has 0 spiro atoms. The highest BCUT2D eigenvalue weighted by Gasteiger charge is 2.16. The van der Waals surface area contributed by atoms with E-state index < -0.39 is 0 Å². The lowest BCUT2D eigenvalue weighted by Gasteiger charge is -2.18. The molecule has 1 unspecified atom stereocenters. The van der Waals surface area contributed by atoms with Crippen LogP contribution in [0.15, 0.2) is 24.3 Å². The second kappa shape index (κ2) is 6.40. The van der Waals surface area contributed by atoms with E-state index in [1.54, 1.807) is 6.07 Å². The summed E-state index contributed by atoms with van der Waals surface area (Å²) in [6, 6.07) is 7.81. The Kier molecular flexibility index (Phi) is 4.59. The summed E-state index contributed by atoms with van der Waals surface area (Å²) in [5.74, 6) is -0.303. The van der Waals surface area contributed by atoms with Gasteiger partial charge in [-0.3, -0.25) is 0 Å². The second-order valence-electron chi connectivity index (χ2n) is 4.42. The predicted octanol–water partition coefficient (Wildman–Crippen LogP) is 2.45. The Bertz CT molecular complexity index is 398. The van der Waals surface area contributed by atoms with E-state index in [0.29, 0.717) is 11.6 Å².